The number of furan rings is 1. The minimum atomic E-state index is 0.380. The Morgan fingerprint density at radius 1 is 1.20 bits per heavy atom. The second-order valence-corrected chi connectivity index (χ2v) is 6.58. The van der Waals surface area contributed by atoms with Gasteiger partial charge in [-0.2, -0.15) is 0 Å². The summed E-state index contributed by atoms with van der Waals surface area (Å²) in [6, 6.07) is 13.1. The van der Waals surface area contributed by atoms with Crippen LogP contribution >= 0.6 is 0 Å². The molecule has 0 saturated heterocycles. The summed E-state index contributed by atoms with van der Waals surface area (Å²) in [6.45, 7) is 1.87. The predicted molar refractivity (Wildman–Crippen MR) is 99.2 cm³/mol. The molecule has 5 rings (SSSR count). The normalized spacial score (nSPS) is 18.3. The van der Waals surface area contributed by atoms with Crippen molar-refractivity contribution >= 4 is 22.0 Å². The first-order chi connectivity index (χ1) is 12.4. The third-order valence-corrected chi connectivity index (χ3v) is 5.08. The fourth-order valence-corrected chi connectivity index (χ4v) is 3.79. The molecule has 0 fully saturated rings. The highest BCUT2D eigenvalue weighted by Gasteiger charge is 2.23. The summed E-state index contributed by atoms with van der Waals surface area (Å²) in [6.07, 6.45) is 11.3. The van der Waals surface area contributed by atoms with Crippen LogP contribution in [0.4, 0.5) is 0 Å². The Bertz CT molecular complexity index is 1060. The predicted octanol–water partition coefficient (Wildman–Crippen LogP) is 4.81. The van der Waals surface area contributed by atoms with Crippen LogP contribution in [0.25, 0.3) is 22.0 Å². The minimum Gasteiger partial charge on any atom is -0.464 e. The average Bonchev–Trinajstić information content (AvgIpc) is 3.29. The number of nitrogens with one attached hydrogen (secondary N) is 1. The molecule has 3 aromatic heterocycles. The molecule has 1 N–H and O–H groups in total. The number of aromatic nitrogens is 2. The number of H-pyrrole nitrogens is 1. The number of rotatable bonds is 3. The zero-order chi connectivity index (χ0) is 16.6. The summed E-state index contributed by atoms with van der Waals surface area (Å²) in [7, 11) is 0. The lowest BCUT2D eigenvalue weighted by Gasteiger charge is -2.33. The maximum absolute atomic E-state index is 5.48. The fraction of sp³-hybridized carbons (Fsp3) is 0.190. The van der Waals surface area contributed by atoms with Crippen LogP contribution in [-0.4, -0.2) is 21.4 Å². The van der Waals surface area contributed by atoms with Crippen molar-refractivity contribution in [1.29, 1.82) is 0 Å². The Labute approximate surface area is 145 Å². The number of pyridine rings is 1. The van der Waals surface area contributed by atoms with Crippen LogP contribution in [0.5, 0.6) is 0 Å². The van der Waals surface area contributed by atoms with Crippen molar-refractivity contribution in [1.82, 2.24) is 14.9 Å². The number of fused-ring (bicyclic) bond motifs is 2. The fourth-order valence-electron chi connectivity index (χ4n) is 3.79. The van der Waals surface area contributed by atoms with E-state index in [0.29, 0.717) is 6.04 Å². The van der Waals surface area contributed by atoms with Crippen molar-refractivity contribution in [2.24, 2.45) is 0 Å². The van der Waals surface area contributed by atoms with Gasteiger partial charge >= 0.3 is 0 Å². The second-order valence-electron chi connectivity index (χ2n) is 6.58. The molecule has 4 aromatic rings. The van der Waals surface area contributed by atoms with E-state index in [9.17, 15) is 0 Å². The van der Waals surface area contributed by atoms with Crippen LogP contribution in [0, 0.1) is 0 Å². The standard InChI is InChI=1S/C21H19N3O/c1-2-10-24(14-17-13-23-21-18(17)4-3-9-22-21)19(5-1)15-6-7-20-16(12-15)8-11-25-20/h1-4,6-9,11-13,19H,5,10,14H2,(H,22,23). The average molecular weight is 329 g/mol. The maximum atomic E-state index is 5.48. The Morgan fingerprint density at radius 3 is 3.20 bits per heavy atom. The number of aromatic amines is 1. The van der Waals surface area contributed by atoms with Gasteiger partial charge in [0.2, 0.25) is 0 Å². The first-order valence-electron chi connectivity index (χ1n) is 8.66. The van der Waals surface area contributed by atoms with Crippen LogP contribution in [-0.2, 0) is 6.54 Å². The summed E-state index contributed by atoms with van der Waals surface area (Å²) < 4.78 is 5.48. The number of hydrogen-bond acceptors (Lipinski definition) is 3. The Balaban J connectivity index is 1.49. The molecule has 1 aliphatic rings. The molecule has 4 nitrogen and oxygen atoms in total. The van der Waals surface area contributed by atoms with Crippen molar-refractivity contribution < 1.29 is 4.42 Å². The smallest absolute Gasteiger partial charge is 0.137 e. The summed E-state index contributed by atoms with van der Waals surface area (Å²) in [4.78, 5) is 10.2. The quantitative estimate of drug-likeness (QED) is 0.549. The topological polar surface area (TPSA) is 45.1 Å². The van der Waals surface area contributed by atoms with Gasteiger partial charge in [-0.25, -0.2) is 4.98 Å². The van der Waals surface area contributed by atoms with E-state index < -0.39 is 0 Å². The first kappa shape index (κ1) is 14.5. The van der Waals surface area contributed by atoms with E-state index in [2.05, 4.69) is 57.5 Å². The highest BCUT2D eigenvalue weighted by molar-refractivity contribution is 5.79. The number of hydrogen-bond donors (Lipinski definition) is 1. The van der Waals surface area contributed by atoms with Gasteiger partial charge in [-0.05, 0) is 47.9 Å². The molecule has 0 amide bonds. The number of nitrogens with zero attached hydrogens (tertiary/aromatic N) is 2. The molecule has 0 saturated carbocycles. The van der Waals surface area contributed by atoms with Gasteiger partial charge in [-0.3, -0.25) is 4.90 Å². The lowest BCUT2D eigenvalue weighted by atomic mass is 9.97. The molecule has 0 bridgehead atoms. The van der Waals surface area contributed by atoms with Crippen molar-refractivity contribution in [3.63, 3.8) is 0 Å². The zero-order valence-electron chi connectivity index (χ0n) is 13.9. The molecule has 124 valence electrons. The zero-order valence-corrected chi connectivity index (χ0v) is 13.9. The van der Waals surface area contributed by atoms with Gasteiger partial charge in [0.15, 0.2) is 0 Å². The van der Waals surface area contributed by atoms with Crippen LogP contribution in [0.1, 0.15) is 23.6 Å². The first-order valence-corrected chi connectivity index (χ1v) is 8.66. The molecule has 0 aliphatic carbocycles. The van der Waals surface area contributed by atoms with Crippen LogP contribution in [0.3, 0.4) is 0 Å². The lowest BCUT2D eigenvalue weighted by Crippen LogP contribution is -2.30. The molecule has 1 unspecified atom stereocenters. The molecule has 25 heavy (non-hydrogen) atoms. The molecule has 4 heterocycles. The Kier molecular flexibility index (Phi) is 3.42. The molecule has 1 aliphatic heterocycles. The van der Waals surface area contributed by atoms with Crippen LogP contribution < -0.4 is 0 Å². The van der Waals surface area contributed by atoms with Gasteiger partial charge in [0, 0.05) is 42.3 Å². The van der Waals surface area contributed by atoms with Gasteiger partial charge < -0.3 is 9.40 Å². The maximum Gasteiger partial charge on any atom is 0.137 e. The van der Waals surface area contributed by atoms with E-state index in [1.807, 2.05) is 18.3 Å². The van der Waals surface area contributed by atoms with Crippen molar-refractivity contribution in [2.75, 3.05) is 6.54 Å². The van der Waals surface area contributed by atoms with E-state index >= 15 is 0 Å². The molecular weight excluding hydrogens is 310 g/mol. The highest BCUT2D eigenvalue weighted by Crippen LogP contribution is 2.32. The van der Waals surface area contributed by atoms with Crippen molar-refractivity contribution in [3.8, 4) is 0 Å². The third-order valence-electron chi connectivity index (χ3n) is 5.08. The van der Waals surface area contributed by atoms with E-state index in [4.69, 9.17) is 4.42 Å². The molecular formula is C21H19N3O. The van der Waals surface area contributed by atoms with Gasteiger partial charge in [0.05, 0.1) is 6.26 Å². The van der Waals surface area contributed by atoms with Gasteiger partial charge in [0.25, 0.3) is 0 Å². The second kappa shape index (κ2) is 5.90. The lowest BCUT2D eigenvalue weighted by molar-refractivity contribution is 0.202. The van der Waals surface area contributed by atoms with E-state index in [-0.39, 0.29) is 0 Å². The van der Waals surface area contributed by atoms with E-state index in [1.165, 1.54) is 21.9 Å². The van der Waals surface area contributed by atoms with Crippen LogP contribution in [0.2, 0.25) is 0 Å². The van der Waals surface area contributed by atoms with Gasteiger partial charge in [-0.15, -0.1) is 0 Å². The number of benzene rings is 1. The summed E-state index contributed by atoms with van der Waals surface area (Å²) in [5.41, 5.74) is 4.55. The Hall–Kier alpha value is -2.85. The monoisotopic (exact) mass is 329 g/mol. The minimum absolute atomic E-state index is 0.380. The Morgan fingerprint density at radius 2 is 2.20 bits per heavy atom. The third kappa shape index (κ3) is 2.55. The van der Waals surface area contributed by atoms with Gasteiger partial charge in [0.1, 0.15) is 11.2 Å². The summed E-state index contributed by atoms with van der Waals surface area (Å²) >= 11 is 0. The summed E-state index contributed by atoms with van der Waals surface area (Å²) in [5, 5.41) is 2.38. The van der Waals surface area contributed by atoms with Crippen LogP contribution in [0.15, 0.2) is 71.6 Å². The largest absolute Gasteiger partial charge is 0.464 e. The van der Waals surface area contributed by atoms with Crippen molar-refractivity contribution in [3.05, 3.63) is 78.3 Å². The summed E-state index contributed by atoms with van der Waals surface area (Å²) in [5.74, 6) is 0. The SMILES string of the molecule is C1=CCN(Cc2c[nH]c3ncccc23)C(c2ccc3occc3c2)C1. The van der Waals surface area contributed by atoms with Crippen molar-refractivity contribution in [2.45, 2.75) is 19.0 Å². The molecule has 0 radical (unpaired) electrons. The molecule has 1 aromatic carbocycles. The van der Waals surface area contributed by atoms with Gasteiger partial charge in [-0.1, -0.05) is 18.2 Å². The molecule has 4 heteroatoms. The molecule has 0 spiro atoms. The molecule has 1 atom stereocenters. The van der Waals surface area contributed by atoms with E-state index in [1.54, 1.807) is 6.26 Å². The van der Waals surface area contributed by atoms with E-state index in [0.717, 1.165) is 30.7 Å². The highest BCUT2D eigenvalue weighted by atomic mass is 16.3.